The highest BCUT2D eigenvalue weighted by Gasteiger charge is 2.14. The Balaban J connectivity index is 2.33. The SMILES string of the molecule is Cc1nc(C(=O)c2cnsn2)cs1. The predicted octanol–water partition coefficient (Wildman–Crippen LogP) is 1.53. The summed E-state index contributed by atoms with van der Waals surface area (Å²) in [6.45, 7) is 1.86. The van der Waals surface area contributed by atoms with E-state index in [9.17, 15) is 4.79 Å². The maximum Gasteiger partial charge on any atom is 0.233 e. The van der Waals surface area contributed by atoms with Crippen molar-refractivity contribution in [1.29, 1.82) is 0 Å². The van der Waals surface area contributed by atoms with E-state index >= 15 is 0 Å². The normalized spacial score (nSPS) is 10.2. The fourth-order valence-electron chi connectivity index (χ4n) is 0.864. The second-order valence-corrected chi connectivity index (χ2v) is 3.99. The minimum atomic E-state index is -0.155. The third-order valence-corrected chi connectivity index (χ3v) is 2.70. The van der Waals surface area contributed by atoms with Gasteiger partial charge in [0, 0.05) is 5.38 Å². The third-order valence-electron chi connectivity index (χ3n) is 1.45. The van der Waals surface area contributed by atoms with Gasteiger partial charge in [-0.25, -0.2) is 4.98 Å². The molecular weight excluding hydrogens is 206 g/mol. The summed E-state index contributed by atoms with van der Waals surface area (Å²) in [6, 6.07) is 0. The molecule has 0 unspecified atom stereocenters. The molecule has 4 nitrogen and oxygen atoms in total. The monoisotopic (exact) mass is 211 g/mol. The summed E-state index contributed by atoms with van der Waals surface area (Å²) >= 11 is 2.48. The number of aryl methyl sites for hydroxylation is 1. The van der Waals surface area contributed by atoms with Crippen LogP contribution in [-0.4, -0.2) is 19.5 Å². The van der Waals surface area contributed by atoms with Crippen molar-refractivity contribution in [3.63, 3.8) is 0 Å². The van der Waals surface area contributed by atoms with Crippen LogP contribution in [0.15, 0.2) is 11.6 Å². The van der Waals surface area contributed by atoms with E-state index in [0.717, 1.165) is 16.7 Å². The fraction of sp³-hybridized carbons (Fsp3) is 0.143. The number of carbonyl (C=O) groups is 1. The number of aromatic nitrogens is 3. The van der Waals surface area contributed by atoms with E-state index in [1.807, 2.05) is 6.92 Å². The average molecular weight is 211 g/mol. The number of carbonyl (C=O) groups excluding carboxylic acids is 1. The molecular formula is C7H5N3OS2. The lowest BCUT2D eigenvalue weighted by Gasteiger charge is -1.87. The van der Waals surface area contributed by atoms with E-state index in [4.69, 9.17) is 0 Å². The van der Waals surface area contributed by atoms with Crippen molar-refractivity contribution in [3.8, 4) is 0 Å². The summed E-state index contributed by atoms with van der Waals surface area (Å²) in [5.74, 6) is -0.155. The Morgan fingerprint density at radius 3 is 2.85 bits per heavy atom. The minimum Gasteiger partial charge on any atom is -0.285 e. The molecule has 0 spiro atoms. The number of ketones is 1. The van der Waals surface area contributed by atoms with Crippen LogP contribution in [0.25, 0.3) is 0 Å². The van der Waals surface area contributed by atoms with Crippen LogP contribution in [0.3, 0.4) is 0 Å². The van der Waals surface area contributed by atoms with E-state index < -0.39 is 0 Å². The smallest absolute Gasteiger partial charge is 0.233 e. The van der Waals surface area contributed by atoms with E-state index in [0.29, 0.717) is 11.4 Å². The van der Waals surface area contributed by atoms with Crippen LogP contribution in [0.4, 0.5) is 0 Å². The largest absolute Gasteiger partial charge is 0.285 e. The number of hydrogen-bond acceptors (Lipinski definition) is 6. The first kappa shape index (κ1) is 8.46. The summed E-state index contributed by atoms with van der Waals surface area (Å²) < 4.78 is 7.61. The summed E-state index contributed by atoms with van der Waals surface area (Å²) in [5, 5.41) is 2.61. The zero-order valence-electron chi connectivity index (χ0n) is 6.72. The van der Waals surface area contributed by atoms with E-state index in [2.05, 4.69) is 13.7 Å². The average Bonchev–Trinajstić information content (AvgIpc) is 2.72. The first-order valence-electron chi connectivity index (χ1n) is 3.52. The quantitative estimate of drug-likeness (QED) is 0.707. The Hall–Kier alpha value is -1.14. The lowest BCUT2D eigenvalue weighted by atomic mass is 10.2. The molecule has 0 atom stereocenters. The van der Waals surface area contributed by atoms with Crippen LogP contribution < -0.4 is 0 Å². The van der Waals surface area contributed by atoms with E-state index in [1.165, 1.54) is 17.5 Å². The molecule has 0 fully saturated rings. The van der Waals surface area contributed by atoms with Crippen molar-refractivity contribution in [2.45, 2.75) is 6.92 Å². The molecule has 0 bridgehead atoms. The van der Waals surface area contributed by atoms with E-state index in [1.54, 1.807) is 5.38 Å². The Labute approximate surface area is 82.6 Å². The molecule has 0 aliphatic heterocycles. The molecule has 0 aliphatic carbocycles. The van der Waals surface area contributed by atoms with Crippen molar-refractivity contribution < 1.29 is 4.79 Å². The first-order chi connectivity index (χ1) is 6.27. The van der Waals surface area contributed by atoms with Gasteiger partial charge in [-0.1, -0.05) is 0 Å². The molecule has 2 aromatic rings. The number of thiazole rings is 1. The number of hydrogen-bond donors (Lipinski definition) is 0. The van der Waals surface area contributed by atoms with Crippen LogP contribution in [-0.2, 0) is 0 Å². The van der Waals surface area contributed by atoms with Crippen LogP contribution in [0.1, 0.15) is 21.2 Å². The predicted molar refractivity (Wildman–Crippen MR) is 50.2 cm³/mol. The maximum absolute atomic E-state index is 11.6. The molecule has 0 amide bonds. The highest BCUT2D eigenvalue weighted by molar-refractivity contribution is 7.09. The molecule has 6 heteroatoms. The number of nitrogens with zero attached hydrogens (tertiary/aromatic N) is 3. The summed E-state index contributed by atoms with van der Waals surface area (Å²) in [4.78, 5) is 15.6. The highest BCUT2D eigenvalue weighted by Crippen LogP contribution is 2.11. The van der Waals surface area contributed by atoms with Crippen LogP contribution in [0.2, 0.25) is 0 Å². The van der Waals surface area contributed by atoms with Crippen molar-refractivity contribution in [3.05, 3.63) is 28.0 Å². The second kappa shape index (κ2) is 3.31. The zero-order chi connectivity index (χ0) is 9.26. The van der Waals surface area contributed by atoms with Gasteiger partial charge in [0.15, 0.2) is 0 Å². The fourth-order valence-corrected chi connectivity index (χ4v) is 1.87. The van der Waals surface area contributed by atoms with Gasteiger partial charge in [-0.2, -0.15) is 8.75 Å². The molecule has 0 N–H and O–H groups in total. The summed E-state index contributed by atoms with van der Waals surface area (Å²) in [5.41, 5.74) is 0.825. The Bertz CT molecular complexity index is 421. The Morgan fingerprint density at radius 2 is 2.31 bits per heavy atom. The standard InChI is InChI=1S/C7H5N3OS2/c1-4-9-6(3-12-4)7(11)5-2-8-13-10-5/h2-3H,1H3. The Kier molecular flexibility index (Phi) is 2.15. The number of rotatable bonds is 2. The van der Waals surface area contributed by atoms with Crippen molar-refractivity contribution in [2.75, 3.05) is 0 Å². The van der Waals surface area contributed by atoms with Gasteiger partial charge in [-0.15, -0.1) is 11.3 Å². The van der Waals surface area contributed by atoms with Crippen LogP contribution in [0, 0.1) is 6.92 Å². The van der Waals surface area contributed by atoms with Gasteiger partial charge in [-0.05, 0) is 6.92 Å². The molecule has 66 valence electrons. The molecule has 13 heavy (non-hydrogen) atoms. The van der Waals surface area contributed by atoms with Gasteiger partial charge in [0.25, 0.3) is 0 Å². The topological polar surface area (TPSA) is 55.7 Å². The van der Waals surface area contributed by atoms with Crippen LogP contribution >= 0.6 is 23.1 Å². The third kappa shape index (κ3) is 1.63. The lowest BCUT2D eigenvalue weighted by Crippen LogP contribution is -2.01. The second-order valence-electron chi connectivity index (χ2n) is 2.37. The van der Waals surface area contributed by atoms with Crippen molar-refractivity contribution >= 4 is 28.8 Å². The van der Waals surface area contributed by atoms with Crippen molar-refractivity contribution in [1.82, 2.24) is 13.7 Å². The first-order valence-corrected chi connectivity index (χ1v) is 5.13. The van der Waals surface area contributed by atoms with Gasteiger partial charge in [0.1, 0.15) is 11.4 Å². The molecule has 0 radical (unpaired) electrons. The lowest BCUT2D eigenvalue weighted by molar-refractivity contribution is 0.103. The van der Waals surface area contributed by atoms with Gasteiger partial charge >= 0.3 is 0 Å². The Morgan fingerprint density at radius 1 is 1.46 bits per heavy atom. The van der Waals surface area contributed by atoms with Gasteiger partial charge in [0.05, 0.1) is 22.9 Å². The molecule has 2 rings (SSSR count). The minimum absolute atomic E-state index is 0.155. The van der Waals surface area contributed by atoms with Crippen LogP contribution in [0.5, 0.6) is 0 Å². The highest BCUT2D eigenvalue weighted by atomic mass is 32.1. The zero-order valence-corrected chi connectivity index (χ0v) is 8.35. The molecule has 0 aliphatic rings. The summed E-state index contributed by atoms with van der Waals surface area (Å²) in [7, 11) is 0. The molecule has 0 saturated heterocycles. The van der Waals surface area contributed by atoms with Gasteiger partial charge < -0.3 is 0 Å². The maximum atomic E-state index is 11.6. The molecule has 0 saturated carbocycles. The van der Waals surface area contributed by atoms with Gasteiger partial charge in [0.2, 0.25) is 5.78 Å². The van der Waals surface area contributed by atoms with E-state index in [-0.39, 0.29) is 5.78 Å². The molecule has 2 heterocycles. The summed E-state index contributed by atoms with van der Waals surface area (Å²) in [6.07, 6.45) is 1.46. The van der Waals surface area contributed by atoms with Gasteiger partial charge in [-0.3, -0.25) is 4.79 Å². The molecule has 0 aromatic carbocycles. The van der Waals surface area contributed by atoms with Crippen molar-refractivity contribution in [2.24, 2.45) is 0 Å². The molecule has 2 aromatic heterocycles.